The van der Waals surface area contributed by atoms with Crippen molar-refractivity contribution < 1.29 is 0 Å². The largest absolute Gasteiger partial charge is 0.353 e. The highest BCUT2D eigenvalue weighted by molar-refractivity contribution is 6.30. The maximum Gasteiger partial charge on any atom is 0.137 e. The predicted molar refractivity (Wildman–Crippen MR) is 73.2 cm³/mol. The summed E-state index contributed by atoms with van der Waals surface area (Å²) in [6.07, 6.45) is 5.60. The van der Waals surface area contributed by atoms with Gasteiger partial charge in [0.1, 0.15) is 17.3 Å². The number of rotatable bonds is 1. The Kier molecular flexibility index (Phi) is 3.39. The van der Waals surface area contributed by atoms with Crippen LogP contribution in [0.25, 0.3) is 0 Å². The molecule has 0 aliphatic carbocycles. The van der Waals surface area contributed by atoms with Gasteiger partial charge in [-0.3, -0.25) is 4.90 Å². The Morgan fingerprint density at radius 3 is 3.00 bits per heavy atom. The van der Waals surface area contributed by atoms with Gasteiger partial charge in [0.05, 0.1) is 0 Å². The number of fused-ring (bicyclic) bond motifs is 1. The average Bonchev–Trinajstić information content (AvgIpc) is 2.41. The Morgan fingerprint density at radius 1 is 1.22 bits per heavy atom. The first kappa shape index (κ1) is 12.2. The molecule has 1 aromatic rings. The van der Waals surface area contributed by atoms with E-state index in [9.17, 15) is 0 Å². The molecule has 98 valence electrons. The van der Waals surface area contributed by atoms with E-state index in [-0.39, 0.29) is 0 Å². The summed E-state index contributed by atoms with van der Waals surface area (Å²) in [4.78, 5) is 13.4. The third-order valence-corrected chi connectivity index (χ3v) is 4.51. The van der Waals surface area contributed by atoms with E-state index in [1.54, 1.807) is 6.33 Å². The van der Waals surface area contributed by atoms with Crippen molar-refractivity contribution in [2.45, 2.75) is 32.2 Å². The van der Waals surface area contributed by atoms with E-state index in [2.05, 4.69) is 19.8 Å². The Hall–Kier alpha value is -0.870. The monoisotopic (exact) mass is 266 g/mol. The Balaban J connectivity index is 1.79. The Bertz CT molecular complexity index is 437. The van der Waals surface area contributed by atoms with Gasteiger partial charge < -0.3 is 4.90 Å². The summed E-state index contributed by atoms with van der Waals surface area (Å²) < 4.78 is 0. The SMILES string of the molecule is Cc1c(Cl)ncnc1N1CCN2CCCCC2C1. The molecule has 1 aromatic heterocycles. The van der Waals surface area contributed by atoms with Gasteiger partial charge in [0, 0.05) is 31.2 Å². The molecule has 0 aromatic carbocycles. The van der Waals surface area contributed by atoms with Crippen molar-refractivity contribution in [1.29, 1.82) is 0 Å². The van der Waals surface area contributed by atoms with Gasteiger partial charge >= 0.3 is 0 Å². The molecular weight excluding hydrogens is 248 g/mol. The van der Waals surface area contributed by atoms with Gasteiger partial charge in [-0.25, -0.2) is 9.97 Å². The standard InChI is InChI=1S/C13H19ClN4/c1-10-12(14)15-9-16-13(10)18-7-6-17-5-3-2-4-11(17)8-18/h9,11H,2-8H2,1H3. The zero-order valence-electron chi connectivity index (χ0n) is 10.8. The van der Waals surface area contributed by atoms with Crippen LogP contribution in [0.3, 0.4) is 0 Å². The summed E-state index contributed by atoms with van der Waals surface area (Å²) in [6, 6.07) is 0.695. The molecule has 0 saturated carbocycles. The molecule has 1 atom stereocenters. The molecule has 5 heteroatoms. The number of halogens is 1. The Labute approximate surface area is 113 Å². The van der Waals surface area contributed by atoms with Gasteiger partial charge in [0.2, 0.25) is 0 Å². The van der Waals surface area contributed by atoms with E-state index in [0.717, 1.165) is 31.0 Å². The van der Waals surface area contributed by atoms with E-state index in [0.29, 0.717) is 11.2 Å². The summed E-state index contributed by atoms with van der Waals surface area (Å²) in [6.45, 7) is 6.54. The molecule has 3 rings (SSSR count). The number of piperazine rings is 1. The molecule has 0 amide bonds. The first-order chi connectivity index (χ1) is 8.75. The van der Waals surface area contributed by atoms with Gasteiger partial charge in [-0.05, 0) is 26.3 Å². The fourth-order valence-electron chi connectivity index (χ4n) is 3.09. The van der Waals surface area contributed by atoms with Crippen molar-refractivity contribution in [1.82, 2.24) is 14.9 Å². The highest BCUT2D eigenvalue weighted by Crippen LogP contribution is 2.27. The van der Waals surface area contributed by atoms with Crippen molar-refractivity contribution >= 4 is 17.4 Å². The van der Waals surface area contributed by atoms with Gasteiger partial charge in [-0.1, -0.05) is 18.0 Å². The van der Waals surface area contributed by atoms with Crippen LogP contribution in [0.1, 0.15) is 24.8 Å². The lowest BCUT2D eigenvalue weighted by Crippen LogP contribution is -2.55. The van der Waals surface area contributed by atoms with Crippen LogP contribution in [0, 0.1) is 6.92 Å². The number of anilines is 1. The molecule has 2 aliphatic rings. The van der Waals surface area contributed by atoms with Crippen molar-refractivity contribution in [2.75, 3.05) is 31.1 Å². The predicted octanol–water partition coefficient (Wildman–Crippen LogP) is 2.11. The number of hydrogen-bond acceptors (Lipinski definition) is 4. The molecule has 2 fully saturated rings. The first-order valence-corrected chi connectivity index (χ1v) is 7.09. The number of hydrogen-bond donors (Lipinski definition) is 0. The van der Waals surface area contributed by atoms with Crippen LogP contribution in [0.15, 0.2) is 6.33 Å². The minimum Gasteiger partial charge on any atom is -0.353 e. The summed E-state index contributed by atoms with van der Waals surface area (Å²) >= 11 is 6.08. The van der Waals surface area contributed by atoms with Gasteiger partial charge in [0.15, 0.2) is 0 Å². The molecule has 0 N–H and O–H groups in total. The highest BCUT2D eigenvalue weighted by atomic mass is 35.5. The molecule has 4 nitrogen and oxygen atoms in total. The number of aromatic nitrogens is 2. The fourth-order valence-corrected chi connectivity index (χ4v) is 3.22. The zero-order chi connectivity index (χ0) is 12.5. The molecule has 1 unspecified atom stereocenters. The number of piperidine rings is 1. The lowest BCUT2D eigenvalue weighted by atomic mass is 9.99. The van der Waals surface area contributed by atoms with E-state index < -0.39 is 0 Å². The van der Waals surface area contributed by atoms with Crippen molar-refractivity contribution in [3.8, 4) is 0 Å². The van der Waals surface area contributed by atoms with Crippen LogP contribution in [-0.2, 0) is 0 Å². The maximum absolute atomic E-state index is 6.08. The fraction of sp³-hybridized carbons (Fsp3) is 0.692. The van der Waals surface area contributed by atoms with E-state index in [1.165, 1.54) is 25.8 Å². The Morgan fingerprint density at radius 2 is 2.11 bits per heavy atom. The quantitative estimate of drug-likeness (QED) is 0.729. The molecule has 0 bridgehead atoms. The molecule has 3 heterocycles. The zero-order valence-corrected chi connectivity index (χ0v) is 11.5. The summed E-state index contributed by atoms with van der Waals surface area (Å²) in [5, 5.41) is 0.575. The minimum absolute atomic E-state index is 0.575. The van der Waals surface area contributed by atoms with E-state index in [1.807, 2.05) is 6.92 Å². The van der Waals surface area contributed by atoms with Crippen molar-refractivity contribution in [3.63, 3.8) is 0 Å². The molecule has 2 saturated heterocycles. The number of nitrogens with zero attached hydrogens (tertiary/aromatic N) is 4. The lowest BCUT2D eigenvalue weighted by molar-refractivity contribution is 0.133. The van der Waals surface area contributed by atoms with E-state index in [4.69, 9.17) is 11.6 Å². The first-order valence-electron chi connectivity index (χ1n) is 6.72. The molecule has 0 radical (unpaired) electrons. The average molecular weight is 267 g/mol. The second-order valence-corrected chi connectivity index (χ2v) is 5.60. The van der Waals surface area contributed by atoms with Gasteiger partial charge in [0.25, 0.3) is 0 Å². The second-order valence-electron chi connectivity index (χ2n) is 5.24. The minimum atomic E-state index is 0.575. The molecule has 2 aliphatic heterocycles. The summed E-state index contributed by atoms with van der Waals surface area (Å²) in [5.74, 6) is 1.01. The van der Waals surface area contributed by atoms with Crippen LogP contribution in [0.5, 0.6) is 0 Å². The van der Waals surface area contributed by atoms with Gasteiger partial charge in [-0.2, -0.15) is 0 Å². The molecule has 18 heavy (non-hydrogen) atoms. The lowest BCUT2D eigenvalue weighted by Gasteiger charge is -2.44. The van der Waals surface area contributed by atoms with Crippen LogP contribution in [0.2, 0.25) is 5.15 Å². The van der Waals surface area contributed by atoms with Crippen molar-refractivity contribution in [2.24, 2.45) is 0 Å². The van der Waals surface area contributed by atoms with Crippen LogP contribution >= 0.6 is 11.6 Å². The maximum atomic E-state index is 6.08. The third kappa shape index (κ3) is 2.19. The summed E-state index contributed by atoms with van der Waals surface area (Å²) in [5.41, 5.74) is 1.00. The smallest absolute Gasteiger partial charge is 0.137 e. The van der Waals surface area contributed by atoms with Crippen LogP contribution in [-0.4, -0.2) is 47.1 Å². The molecular formula is C13H19ClN4. The normalized spacial score (nSPS) is 25.0. The molecule has 0 spiro atoms. The van der Waals surface area contributed by atoms with Gasteiger partial charge in [-0.15, -0.1) is 0 Å². The second kappa shape index (κ2) is 5.02. The highest BCUT2D eigenvalue weighted by Gasteiger charge is 2.30. The van der Waals surface area contributed by atoms with Crippen LogP contribution < -0.4 is 4.90 Å². The third-order valence-electron chi connectivity index (χ3n) is 4.13. The van der Waals surface area contributed by atoms with Crippen molar-refractivity contribution in [3.05, 3.63) is 17.0 Å². The topological polar surface area (TPSA) is 32.3 Å². The summed E-state index contributed by atoms with van der Waals surface area (Å²) in [7, 11) is 0. The van der Waals surface area contributed by atoms with E-state index >= 15 is 0 Å². The van der Waals surface area contributed by atoms with Crippen LogP contribution in [0.4, 0.5) is 5.82 Å².